The summed E-state index contributed by atoms with van der Waals surface area (Å²) >= 11 is 6.11. The zero-order chi connectivity index (χ0) is 13.2. The second kappa shape index (κ2) is 4.96. The highest BCUT2D eigenvalue weighted by molar-refractivity contribution is 6.31. The smallest absolute Gasteiger partial charge is 0.158 e. The van der Waals surface area contributed by atoms with E-state index in [0.29, 0.717) is 5.56 Å². The van der Waals surface area contributed by atoms with E-state index in [1.54, 1.807) is 0 Å². The van der Waals surface area contributed by atoms with Crippen LogP contribution in [0.3, 0.4) is 0 Å². The molecule has 0 aliphatic rings. The maximum absolute atomic E-state index is 10.5. The van der Waals surface area contributed by atoms with Gasteiger partial charge in [0, 0.05) is 10.9 Å². The Morgan fingerprint density at radius 2 is 1.58 bits per heavy atom. The van der Waals surface area contributed by atoms with Crippen LogP contribution in [0.25, 0.3) is 10.9 Å². The first kappa shape index (κ1) is 12.1. The van der Waals surface area contributed by atoms with Gasteiger partial charge in [0.2, 0.25) is 0 Å². The van der Waals surface area contributed by atoms with Gasteiger partial charge in [0.1, 0.15) is 6.10 Å². The van der Waals surface area contributed by atoms with Crippen molar-refractivity contribution in [1.82, 2.24) is 10.2 Å². The average molecular weight is 271 g/mol. The molecule has 19 heavy (non-hydrogen) atoms. The van der Waals surface area contributed by atoms with Crippen LogP contribution in [0.2, 0.25) is 5.15 Å². The van der Waals surface area contributed by atoms with Gasteiger partial charge in [0.25, 0.3) is 0 Å². The molecule has 1 atom stereocenters. The van der Waals surface area contributed by atoms with Crippen LogP contribution in [0.5, 0.6) is 0 Å². The molecule has 0 radical (unpaired) electrons. The summed E-state index contributed by atoms with van der Waals surface area (Å²) in [7, 11) is 0. The second-order valence-electron chi connectivity index (χ2n) is 4.23. The lowest BCUT2D eigenvalue weighted by Crippen LogP contribution is -2.04. The molecule has 3 aromatic rings. The fourth-order valence-corrected chi connectivity index (χ4v) is 2.36. The minimum absolute atomic E-state index is 0.232. The highest BCUT2D eigenvalue weighted by Crippen LogP contribution is 2.31. The molecule has 0 amide bonds. The number of rotatable bonds is 2. The molecule has 1 aromatic heterocycles. The Morgan fingerprint density at radius 3 is 2.37 bits per heavy atom. The van der Waals surface area contributed by atoms with Gasteiger partial charge in [-0.05, 0) is 11.6 Å². The van der Waals surface area contributed by atoms with Crippen LogP contribution in [-0.4, -0.2) is 15.3 Å². The normalized spacial score (nSPS) is 12.5. The Kier molecular flexibility index (Phi) is 3.15. The van der Waals surface area contributed by atoms with Crippen LogP contribution in [0, 0.1) is 0 Å². The van der Waals surface area contributed by atoms with Crippen LogP contribution in [0.1, 0.15) is 17.2 Å². The zero-order valence-electron chi connectivity index (χ0n) is 9.99. The van der Waals surface area contributed by atoms with Crippen LogP contribution in [-0.2, 0) is 0 Å². The molecule has 3 rings (SSSR count). The number of hydrogen-bond donors (Lipinski definition) is 1. The summed E-state index contributed by atoms with van der Waals surface area (Å²) in [6.45, 7) is 0. The van der Waals surface area contributed by atoms with Crippen molar-refractivity contribution in [2.45, 2.75) is 6.10 Å². The van der Waals surface area contributed by atoms with Gasteiger partial charge in [-0.25, -0.2) is 0 Å². The molecule has 0 saturated heterocycles. The van der Waals surface area contributed by atoms with E-state index >= 15 is 0 Å². The number of nitrogens with zero attached hydrogens (tertiary/aromatic N) is 2. The molecule has 1 N–H and O–H groups in total. The van der Waals surface area contributed by atoms with E-state index in [9.17, 15) is 5.11 Å². The summed E-state index contributed by atoms with van der Waals surface area (Å²) in [5.41, 5.74) is 2.10. The Balaban J connectivity index is 2.22. The van der Waals surface area contributed by atoms with Crippen molar-refractivity contribution in [3.63, 3.8) is 0 Å². The molecule has 3 nitrogen and oxygen atoms in total. The van der Waals surface area contributed by atoms with Crippen molar-refractivity contribution >= 4 is 22.5 Å². The zero-order valence-corrected chi connectivity index (χ0v) is 10.7. The molecule has 0 saturated carbocycles. The molecule has 0 aliphatic heterocycles. The Labute approximate surface area is 115 Å². The van der Waals surface area contributed by atoms with Crippen molar-refractivity contribution < 1.29 is 5.11 Å². The third kappa shape index (κ3) is 2.18. The fourth-order valence-electron chi connectivity index (χ4n) is 2.11. The lowest BCUT2D eigenvalue weighted by atomic mass is 9.99. The van der Waals surface area contributed by atoms with Gasteiger partial charge < -0.3 is 5.11 Å². The SMILES string of the molecule is OC(c1ccccc1)c1c(Cl)nnc2ccccc12. The first-order valence-corrected chi connectivity index (χ1v) is 6.29. The maximum Gasteiger partial charge on any atom is 0.158 e. The number of aromatic nitrogens is 2. The summed E-state index contributed by atoms with van der Waals surface area (Å²) in [6, 6.07) is 16.9. The van der Waals surface area contributed by atoms with E-state index in [-0.39, 0.29) is 5.15 Å². The van der Waals surface area contributed by atoms with Crippen LogP contribution in [0.4, 0.5) is 0 Å². The Bertz CT molecular complexity index is 716. The van der Waals surface area contributed by atoms with Gasteiger partial charge in [-0.2, -0.15) is 0 Å². The van der Waals surface area contributed by atoms with Crippen molar-refractivity contribution in [2.24, 2.45) is 0 Å². The maximum atomic E-state index is 10.5. The molecule has 0 spiro atoms. The molecule has 4 heteroatoms. The predicted octanol–water partition coefficient (Wildman–Crippen LogP) is 3.36. The minimum Gasteiger partial charge on any atom is -0.384 e. The van der Waals surface area contributed by atoms with E-state index in [2.05, 4.69) is 10.2 Å². The van der Waals surface area contributed by atoms with E-state index in [4.69, 9.17) is 11.6 Å². The van der Waals surface area contributed by atoms with Gasteiger partial charge in [0.05, 0.1) is 5.52 Å². The highest BCUT2D eigenvalue weighted by Gasteiger charge is 2.18. The van der Waals surface area contributed by atoms with Crippen molar-refractivity contribution in [2.75, 3.05) is 0 Å². The standard InChI is InChI=1S/C15H11ClN2O/c16-15-13(14(19)10-6-2-1-3-7-10)11-8-4-5-9-12(11)17-18-15/h1-9,14,19H. The number of halogens is 1. The Morgan fingerprint density at radius 1 is 0.895 bits per heavy atom. The molecule has 0 bridgehead atoms. The second-order valence-corrected chi connectivity index (χ2v) is 4.59. The summed E-state index contributed by atoms with van der Waals surface area (Å²) < 4.78 is 0. The monoisotopic (exact) mass is 270 g/mol. The lowest BCUT2D eigenvalue weighted by Gasteiger charge is -2.14. The van der Waals surface area contributed by atoms with Crippen molar-refractivity contribution in [3.8, 4) is 0 Å². The fraction of sp³-hybridized carbons (Fsp3) is 0.0667. The number of aliphatic hydroxyl groups excluding tert-OH is 1. The topological polar surface area (TPSA) is 46.0 Å². The quantitative estimate of drug-likeness (QED) is 0.777. The van der Waals surface area contributed by atoms with E-state index in [1.807, 2.05) is 54.6 Å². The molecular formula is C15H11ClN2O. The summed E-state index contributed by atoms with van der Waals surface area (Å²) in [5, 5.41) is 19.5. The van der Waals surface area contributed by atoms with Gasteiger partial charge >= 0.3 is 0 Å². The summed E-state index contributed by atoms with van der Waals surface area (Å²) in [4.78, 5) is 0. The van der Waals surface area contributed by atoms with Gasteiger partial charge in [0.15, 0.2) is 5.15 Å². The van der Waals surface area contributed by atoms with Gasteiger partial charge in [-0.3, -0.25) is 0 Å². The molecule has 0 aliphatic carbocycles. The molecule has 0 fully saturated rings. The largest absolute Gasteiger partial charge is 0.384 e. The van der Waals surface area contributed by atoms with Crippen molar-refractivity contribution in [1.29, 1.82) is 0 Å². The van der Waals surface area contributed by atoms with Crippen LogP contribution >= 0.6 is 11.6 Å². The molecule has 1 unspecified atom stereocenters. The van der Waals surface area contributed by atoms with Crippen LogP contribution in [0.15, 0.2) is 54.6 Å². The number of hydrogen-bond acceptors (Lipinski definition) is 3. The number of fused-ring (bicyclic) bond motifs is 1. The minimum atomic E-state index is -0.811. The van der Waals surface area contributed by atoms with E-state index < -0.39 is 6.10 Å². The highest BCUT2D eigenvalue weighted by atomic mass is 35.5. The lowest BCUT2D eigenvalue weighted by molar-refractivity contribution is 0.221. The first-order valence-electron chi connectivity index (χ1n) is 5.91. The number of aliphatic hydroxyl groups is 1. The molecular weight excluding hydrogens is 260 g/mol. The van der Waals surface area contributed by atoms with E-state index in [1.165, 1.54) is 0 Å². The molecule has 94 valence electrons. The summed E-state index contributed by atoms with van der Waals surface area (Å²) in [5.74, 6) is 0. The van der Waals surface area contributed by atoms with Crippen molar-refractivity contribution in [3.05, 3.63) is 70.9 Å². The predicted molar refractivity (Wildman–Crippen MR) is 75.1 cm³/mol. The van der Waals surface area contributed by atoms with Gasteiger partial charge in [-0.15, -0.1) is 10.2 Å². The third-order valence-electron chi connectivity index (χ3n) is 3.05. The third-order valence-corrected chi connectivity index (χ3v) is 3.33. The summed E-state index contributed by atoms with van der Waals surface area (Å²) in [6.07, 6.45) is -0.811. The van der Waals surface area contributed by atoms with Crippen LogP contribution < -0.4 is 0 Å². The first-order chi connectivity index (χ1) is 9.27. The molecule has 2 aromatic carbocycles. The Hall–Kier alpha value is -1.97. The van der Waals surface area contributed by atoms with E-state index in [0.717, 1.165) is 16.5 Å². The number of benzene rings is 2. The van der Waals surface area contributed by atoms with Gasteiger partial charge in [-0.1, -0.05) is 60.1 Å². The average Bonchev–Trinajstić information content (AvgIpc) is 2.47. The molecule has 1 heterocycles.